The molecule has 0 aliphatic heterocycles. The van der Waals surface area contributed by atoms with Crippen LogP contribution in [0, 0.1) is 6.92 Å². The molecule has 0 saturated heterocycles. The fourth-order valence-corrected chi connectivity index (χ4v) is 0.642. The molecule has 0 atom stereocenters. The minimum absolute atomic E-state index is 0.637. The quantitative estimate of drug-likeness (QED) is 0.580. The summed E-state index contributed by atoms with van der Waals surface area (Å²) in [6.07, 6.45) is 1.51. The second-order valence-electron chi connectivity index (χ2n) is 1.52. The van der Waals surface area contributed by atoms with Crippen LogP contribution in [0.15, 0.2) is 12.3 Å². The Morgan fingerprint density at radius 1 is 1.40 bits per heavy atom. The SMILES string of the molecule is CC.Cc1cc(Cl)cnn1. The highest BCUT2D eigenvalue weighted by Crippen LogP contribution is 2.03. The maximum Gasteiger partial charge on any atom is 0.0682 e. The average molecular weight is 159 g/mol. The van der Waals surface area contributed by atoms with Crippen LogP contribution in [0.4, 0.5) is 0 Å². The molecule has 0 fully saturated rings. The molecule has 0 bridgehead atoms. The third-order valence-corrected chi connectivity index (χ3v) is 0.950. The predicted molar refractivity (Wildman–Crippen MR) is 43.1 cm³/mol. The number of rotatable bonds is 0. The van der Waals surface area contributed by atoms with E-state index in [4.69, 9.17) is 11.6 Å². The van der Waals surface area contributed by atoms with Crippen LogP contribution in [0.1, 0.15) is 19.5 Å². The Morgan fingerprint density at radius 2 is 2.00 bits per heavy atom. The number of halogens is 1. The Bertz CT molecular complexity index is 171. The third kappa shape index (κ3) is 3.41. The van der Waals surface area contributed by atoms with Crippen LogP contribution in [0.2, 0.25) is 5.02 Å². The van der Waals surface area contributed by atoms with Crippen LogP contribution in [0.25, 0.3) is 0 Å². The lowest BCUT2D eigenvalue weighted by molar-refractivity contribution is 0.981. The number of hydrogen-bond acceptors (Lipinski definition) is 2. The summed E-state index contributed by atoms with van der Waals surface area (Å²) in [5, 5.41) is 7.94. The van der Waals surface area contributed by atoms with E-state index in [0.29, 0.717) is 5.02 Å². The van der Waals surface area contributed by atoms with E-state index in [1.54, 1.807) is 6.07 Å². The number of aromatic nitrogens is 2. The van der Waals surface area contributed by atoms with Crippen LogP contribution in [0.5, 0.6) is 0 Å². The zero-order valence-electron chi connectivity index (χ0n) is 6.43. The lowest BCUT2D eigenvalue weighted by Gasteiger charge is -1.86. The minimum atomic E-state index is 0.637. The predicted octanol–water partition coefficient (Wildman–Crippen LogP) is 2.46. The van der Waals surface area contributed by atoms with Crippen LogP contribution in [-0.2, 0) is 0 Å². The van der Waals surface area contributed by atoms with Gasteiger partial charge < -0.3 is 0 Å². The summed E-state index contributed by atoms with van der Waals surface area (Å²) in [7, 11) is 0. The first-order valence-electron chi connectivity index (χ1n) is 3.24. The van der Waals surface area contributed by atoms with Gasteiger partial charge in [0.15, 0.2) is 0 Å². The first-order chi connectivity index (χ1) is 4.79. The Labute approximate surface area is 66.2 Å². The Balaban J connectivity index is 0.000000371. The molecule has 1 aromatic heterocycles. The molecule has 0 aromatic carbocycles. The van der Waals surface area contributed by atoms with Crippen molar-refractivity contribution in [2.24, 2.45) is 0 Å². The maximum absolute atomic E-state index is 5.54. The molecule has 0 unspecified atom stereocenters. The Morgan fingerprint density at radius 3 is 2.30 bits per heavy atom. The van der Waals surface area contributed by atoms with Crippen molar-refractivity contribution < 1.29 is 0 Å². The second kappa shape index (κ2) is 5.18. The van der Waals surface area contributed by atoms with E-state index in [9.17, 15) is 0 Å². The van der Waals surface area contributed by atoms with Crippen molar-refractivity contribution in [1.29, 1.82) is 0 Å². The van der Waals surface area contributed by atoms with Gasteiger partial charge >= 0.3 is 0 Å². The summed E-state index contributed by atoms with van der Waals surface area (Å²) in [5.74, 6) is 0. The molecule has 0 amide bonds. The lowest BCUT2D eigenvalue weighted by atomic mass is 10.4. The van der Waals surface area contributed by atoms with Gasteiger partial charge in [-0.2, -0.15) is 10.2 Å². The zero-order chi connectivity index (χ0) is 7.98. The van der Waals surface area contributed by atoms with Gasteiger partial charge in [-0.15, -0.1) is 0 Å². The molecule has 0 saturated carbocycles. The van der Waals surface area contributed by atoms with Crippen molar-refractivity contribution in [2.75, 3.05) is 0 Å². The van der Waals surface area contributed by atoms with Gasteiger partial charge in [-0.05, 0) is 13.0 Å². The third-order valence-electron chi connectivity index (χ3n) is 0.743. The summed E-state index contributed by atoms with van der Waals surface area (Å²) in [4.78, 5) is 0. The monoisotopic (exact) mass is 158 g/mol. The average Bonchev–Trinajstić information content (AvgIpc) is 1.91. The number of aryl methyl sites for hydroxylation is 1. The van der Waals surface area contributed by atoms with Gasteiger partial charge in [-0.25, -0.2) is 0 Å². The fraction of sp³-hybridized carbons (Fsp3) is 0.429. The molecule has 1 heterocycles. The molecule has 0 aliphatic carbocycles. The zero-order valence-corrected chi connectivity index (χ0v) is 7.18. The molecule has 0 N–H and O–H groups in total. The molecule has 1 rings (SSSR count). The molecule has 3 heteroatoms. The normalized spacial score (nSPS) is 8.00. The Hall–Kier alpha value is -0.630. The van der Waals surface area contributed by atoms with Gasteiger partial charge in [0.2, 0.25) is 0 Å². The minimum Gasteiger partial charge on any atom is -0.157 e. The fourth-order valence-electron chi connectivity index (χ4n) is 0.441. The summed E-state index contributed by atoms with van der Waals surface area (Å²) in [6, 6.07) is 1.76. The van der Waals surface area contributed by atoms with Crippen LogP contribution < -0.4 is 0 Å². The summed E-state index contributed by atoms with van der Waals surface area (Å²) in [6.45, 7) is 5.85. The summed E-state index contributed by atoms with van der Waals surface area (Å²) in [5.41, 5.74) is 0.845. The molecular weight excluding hydrogens is 148 g/mol. The molecule has 10 heavy (non-hydrogen) atoms. The molecule has 0 spiro atoms. The topological polar surface area (TPSA) is 25.8 Å². The lowest BCUT2D eigenvalue weighted by Crippen LogP contribution is -1.82. The van der Waals surface area contributed by atoms with E-state index in [1.165, 1.54) is 6.20 Å². The van der Waals surface area contributed by atoms with Crippen molar-refractivity contribution in [3.05, 3.63) is 23.0 Å². The van der Waals surface area contributed by atoms with Gasteiger partial charge in [0, 0.05) is 0 Å². The molecule has 0 radical (unpaired) electrons. The van der Waals surface area contributed by atoms with E-state index < -0.39 is 0 Å². The number of nitrogens with zero attached hydrogens (tertiary/aromatic N) is 2. The van der Waals surface area contributed by atoms with Crippen molar-refractivity contribution in [3.63, 3.8) is 0 Å². The standard InChI is InChI=1S/C5H5ClN2.C2H6/c1-4-2-5(6)3-7-8-4;1-2/h2-3H,1H3;1-2H3. The van der Waals surface area contributed by atoms with Gasteiger partial charge in [-0.3, -0.25) is 0 Å². The van der Waals surface area contributed by atoms with Crippen LogP contribution in [0.3, 0.4) is 0 Å². The van der Waals surface area contributed by atoms with E-state index in [0.717, 1.165) is 5.69 Å². The van der Waals surface area contributed by atoms with E-state index in [2.05, 4.69) is 10.2 Å². The molecule has 0 aliphatic rings. The first kappa shape index (κ1) is 9.37. The van der Waals surface area contributed by atoms with E-state index in [1.807, 2.05) is 20.8 Å². The maximum atomic E-state index is 5.54. The second-order valence-corrected chi connectivity index (χ2v) is 1.95. The molecule has 56 valence electrons. The van der Waals surface area contributed by atoms with E-state index >= 15 is 0 Å². The highest BCUT2D eigenvalue weighted by molar-refractivity contribution is 6.30. The van der Waals surface area contributed by atoms with Gasteiger partial charge in [0.05, 0.1) is 16.9 Å². The number of hydrogen-bond donors (Lipinski definition) is 0. The van der Waals surface area contributed by atoms with Crippen LogP contribution in [-0.4, -0.2) is 10.2 Å². The van der Waals surface area contributed by atoms with Gasteiger partial charge in [0.25, 0.3) is 0 Å². The van der Waals surface area contributed by atoms with Gasteiger partial charge in [-0.1, -0.05) is 25.4 Å². The van der Waals surface area contributed by atoms with Crippen molar-refractivity contribution >= 4 is 11.6 Å². The van der Waals surface area contributed by atoms with Crippen LogP contribution >= 0.6 is 11.6 Å². The highest BCUT2D eigenvalue weighted by Gasteiger charge is 1.85. The van der Waals surface area contributed by atoms with E-state index in [-0.39, 0.29) is 0 Å². The smallest absolute Gasteiger partial charge is 0.0682 e. The molecule has 1 aromatic rings. The van der Waals surface area contributed by atoms with Crippen molar-refractivity contribution in [1.82, 2.24) is 10.2 Å². The first-order valence-corrected chi connectivity index (χ1v) is 3.61. The Kier molecular flexibility index (Phi) is 4.85. The van der Waals surface area contributed by atoms with Gasteiger partial charge in [0.1, 0.15) is 0 Å². The molecular formula is C7H11ClN2. The summed E-state index contributed by atoms with van der Waals surface area (Å²) >= 11 is 5.54. The molecule has 2 nitrogen and oxygen atoms in total. The highest BCUT2D eigenvalue weighted by atomic mass is 35.5. The van der Waals surface area contributed by atoms with Crippen molar-refractivity contribution in [2.45, 2.75) is 20.8 Å². The summed E-state index contributed by atoms with van der Waals surface area (Å²) < 4.78 is 0. The largest absolute Gasteiger partial charge is 0.157 e. The van der Waals surface area contributed by atoms with Crippen molar-refractivity contribution in [3.8, 4) is 0 Å².